The van der Waals surface area contributed by atoms with Gasteiger partial charge in [-0.1, -0.05) is 58.3 Å². The van der Waals surface area contributed by atoms with Crippen LogP contribution in [0.25, 0.3) is 10.2 Å². The fraction of sp³-hybridized carbons (Fsp3) is 0.158. The minimum atomic E-state index is -0.274. The summed E-state index contributed by atoms with van der Waals surface area (Å²) in [4.78, 5) is 17.6. The van der Waals surface area contributed by atoms with Crippen molar-refractivity contribution in [1.82, 2.24) is 4.57 Å². The van der Waals surface area contributed by atoms with Gasteiger partial charge >= 0.3 is 0 Å². The molecule has 0 aliphatic carbocycles. The van der Waals surface area contributed by atoms with Crippen LogP contribution < -0.4 is 4.80 Å². The maximum atomic E-state index is 12.7. The lowest BCUT2D eigenvalue weighted by Gasteiger charge is -2.05. The average Bonchev–Trinajstić information content (AvgIpc) is 2.89. The number of thiazole rings is 1. The average molecular weight is 391 g/mol. The number of carbonyl (C=O) groups excluding carboxylic acids is 1. The third-order valence-electron chi connectivity index (χ3n) is 3.86. The first-order valence-corrected chi connectivity index (χ1v) is 9.24. The van der Waals surface area contributed by atoms with Gasteiger partial charge in [0, 0.05) is 12.1 Å². The molecule has 128 valence electrons. The summed E-state index contributed by atoms with van der Waals surface area (Å²) in [5.41, 5.74) is 3.38. The Kier molecular flexibility index (Phi) is 5.13. The number of aromatic nitrogens is 1. The highest BCUT2D eigenvalue weighted by atomic mass is 35.5. The van der Waals surface area contributed by atoms with Crippen LogP contribution >= 0.6 is 34.5 Å². The number of nitrogens with zero attached hydrogens (tertiary/aromatic N) is 2. The summed E-state index contributed by atoms with van der Waals surface area (Å²) in [6.07, 6.45) is 1.74. The SMILES string of the molecule is C=CCn1c(=NC(=O)c2ccc(C)cc2C)sc2ccc(Cl)c(Cl)c21. The van der Waals surface area contributed by atoms with Crippen molar-refractivity contribution in [2.75, 3.05) is 0 Å². The fourth-order valence-corrected chi connectivity index (χ4v) is 4.21. The number of rotatable bonds is 3. The molecule has 0 aliphatic heterocycles. The summed E-state index contributed by atoms with van der Waals surface area (Å²) < 4.78 is 2.78. The molecular formula is C19H16Cl2N2OS. The number of halogens is 2. The maximum Gasteiger partial charge on any atom is 0.279 e. The first-order valence-electron chi connectivity index (χ1n) is 7.67. The molecule has 1 aromatic heterocycles. The minimum absolute atomic E-state index is 0.274. The van der Waals surface area contributed by atoms with Crippen LogP contribution in [0.5, 0.6) is 0 Å². The van der Waals surface area contributed by atoms with E-state index in [4.69, 9.17) is 23.2 Å². The van der Waals surface area contributed by atoms with Crippen molar-refractivity contribution >= 4 is 50.7 Å². The second kappa shape index (κ2) is 7.16. The van der Waals surface area contributed by atoms with E-state index in [1.807, 2.05) is 42.7 Å². The Labute approximate surface area is 159 Å². The van der Waals surface area contributed by atoms with E-state index in [-0.39, 0.29) is 5.91 Å². The molecule has 3 rings (SSSR count). The summed E-state index contributed by atoms with van der Waals surface area (Å²) in [6.45, 7) is 8.17. The second-order valence-corrected chi connectivity index (χ2v) is 7.52. The number of hydrogen-bond acceptors (Lipinski definition) is 2. The number of aryl methyl sites for hydroxylation is 2. The Balaban J connectivity index is 2.22. The number of allylic oxidation sites excluding steroid dienone is 1. The van der Waals surface area contributed by atoms with E-state index in [0.29, 0.717) is 27.0 Å². The van der Waals surface area contributed by atoms with Gasteiger partial charge in [-0.25, -0.2) is 0 Å². The Morgan fingerprint density at radius 3 is 2.72 bits per heavy atom. The molecule has 3 aromatic rings. The van der Waals surface area contributed by atoms with Crippen molar-refractivity contribution < 1.29 is 4.79 Å². The lowest BCUT2D eigenvalue weighted by Crippen LogP contribution is -2.16. The monoisotopic (exact) mass is 390 g/mol. The molecule has 0 saturated heterocycles. The van der Waals surface area contributed by atoms with Crippen LogP contribution in [0.15, 0.2) is 48.0 Å². The van der Waals surface area contributed by atoms with E-state index in [2.05, 4.69) is 11.6 Å². The molecule has 0 N–H and O–H groups in total. The standard InChI is InChI=1S/C19H16Cl2N2OS/c1-4-9-23-17-15(8-7-14(20)16(17)21)25-19(23)22-18(24)13-6-5-11(2)10-12(13)3/h4-8,10H,1,9H2,2-3H3. The number of fused-ring (bicyclic) bond motifs is 1. The van der Waals surface area contributed by atoms with Gasteiger partial charge in [-0.15, -0.1) is 6.58 Å². The molecule has 1 amide bonds. The number of hydrogen-bond donors (Lipinski definition) is 0. The third-order valence-corrected chi connectivity index (χ3v) is 5.69. The Morgan fingerprint density at radius 1 is 1.28 bits per heavy atom. The molecule has 0 unspecified atom stereocenters. The lowest BCUT2D eigenvalue weighted by molar-refractivity contribution is 0.0997. The third kappa shape index (κ3) is 3.43. The van der Waals surface area contributed by atoms with Gasteiger partial charge in [0.25, 0.3) is 5.91 Å². The zero-order chi connectivity index (χ0) is 18.1. The predicted octanol–water partition coefficient (Wildman–Crippen LogP) is 5.55. The largest absolute Gasteiger partial charge is 0.311 e. The molecule has 3 nitrogen and oxygen atoms in total. The van der Waals surface area contributed by atoms with Crippen molar-refractivity contribution in [3.63, 3.8) is 0 Å². The Morgan fingerprint density at radius 2 is 2.04 bits per heavy atom. The number of benzene rings is 2. The summed E-state index contributed by atoms with van der Waals surface area (Å²) >= 11 is 13.9. The van der Waals surface area contributed by atoms with E-state index < -0.39 is 0 Å². The van der Waals surface area contributed by atoms with Crippen molar-refractivity contribution in [2.24, 2.45) is 4.99 Å². The smallest absolute Gasteiger partial charge is 0.279 e. The highest BCUT2D eigenvalue weighted by molar-refractivity contribution is 7.16. The van der Waals surface area contributed by atoms with Crippen molar-refractivity contribution in [3.8, 4) is 0 Å². The predicted molar refractivity (Wildman–Crippen MR) is 106 cm³/mol. The molecule has 0 saturated carbocycles. The van der Waals surface area contributed by atoms with Gasteiger partial charge < -0.3 is 4.57 Å². The molecular weight excluding hydrogens is 375 g/mol. The molecule has 0 bridgehead atoms. The summed E-state index contributed by atoms with van der Waals surface area (Å²) in [6, 6.07) is 9.33. The highest BCUT2D eigenvalue weighted by Crippen LogP contribution is 2.32. The zero-order valence-electron chi connectivity index (χ0n) is 13.8. The van der Waals surface area contributed by atoms with Crippen LogP contribution in [-0.2, 0) is 6.54 Å². The van der Waals surface area contributed by atoms with Crippen molar-refractivity contribution in [1.29, 1.82) is 0 Å². The van der Waals surface area contributed by atoms with E-state index in [0.717, 1.165) is 21.3 Å². The first kappa shape index (κ1) is 17.9. The van der Waals surface area contributed by atoms with Crippen LogP contribution in [-0.4, -0.2) is 10.5 Å². The van der Waals surface area contributed by atoms with Gasteiger partial charge in [-0.3, -0.25) is 4.79 Å². The zero-order valence-corrected chi connectivity index (χ0v) is 16.2. The van der Waals surface area contributed by atoms with E-state index >= 15 is 0 Å². The van der Waals surface area contributed by atoms with Gasteiger partial charge in [0.1, 0.15) is 0 Å². The topological polar surface area (TPSA) is 34.4 Å². The molecule has 0 radical (unpaired) electrons. The molecule has 0 fully saturated rings. The maximum absolute atomic E-state index is 12.7. The molecule has 2 aromatic carbocycles. The fourth-order valence-electron chi connectivity index (χ4n) is 2.69. The normalized spacial score (nSPS) is 11.9. The summed E-state index contributed by atoms with van der Waals surface area (Å²) in [7, 11) is 0. The number of carbonyl (C=O) groups is 1. The lowest BCUT2D eigenvalue weighted by atomic mass is 10.1. The van der Waals surface area contributed by atoms with Gasteiger partial charge in [0.2, 0.25) is 0 Å². The summed E-state index contributed by atoms with van der Waals surface area (Å²) in [5, 5.41) is 0.926. The van der Waals surface area contributed by atoms with Crippen LogP contribution in [0.3, 0.4) is 0 Å². The quantitative estimate of drug-likeness (QED) is 0.539. The van der Waals surface area contributed by atoms with Crippen LogP contribution in [0, 0.1) is 13.8 Å². The van der Waals surface area contributed by atoms with E-state index in [1.165, 1.54) is 11.3 Å². The van der Waals surface area contributed by atoms with Crippen molar-refractivity contribution in [3.05, 3.63) is 74.5 Å². The van der Waals surface area contributed by atoms with Gasteiger partial charge in [-0.05, 0) is 37.6 Å². The second-order valence-electron chi connectivity index (χ2n) is 5.73. The van der Waals surface area contributed by atoms with Gasteiger partial charge in [-0.2, -0.15) is 4.99 Å². The molecule has 0 aliphatic rings. The minimum Gasteiger partial charge on any atom is -0.311 e. The Hall–Kier alpha value is -1.88. The van der Waals surface area contributed by atoms with E-state index in [1.54, 1.807) is 12.1 Å². The summed E-state index contributed by atoms with van der Waals surface area (Å²) in [5.74, 6) is -0.274. The van der Waals surface area contributed by atoms with Gasteiger partial charge in [0.15, 0.2) is 4.80 Å². The molecule has 6 heteroatoms. The molecule has 1 heterocycles. The van der Waals surface area contributed by atoms with Gasteiger partial charge in [0.05, 0.1) is 20.3 Å². The van der Waals surface area contributed by atoms with Crippen LogP contribution in [0.1, 0.15) is 21.5 Å². The van der Waals surface area contributed by atoms with E-state index in [9.17, 15) is 4.79 Å². The van der Waals surface area contributed by atoms with Crippen LogP contribution in [0.4, 0.5) is 0 Å². The van der Waals surface area contributed by atoms with Crippen molar-refractivity contribution in [2.45, 2.75) is 20.4 Å². The van der Waals surface area contributed by atoms with Crippen LogP contribution in [0.2, 0.25) is 10.0 Å². The highest BCUT2D eigenvalue weighted by Gasteiger charge is 2.14. The molecule has 25 heavy (non-hydrogen) atoms. The molecule has 0 atom stereocenters. The molecule has 0 spiro atoms. The number of amides is 1. The first-order chi connectivity index (χ1) is 11.9. The Bertz CT molecular complexity index is 1060.